The zero-order chi connectivity index (χ0) is 24.9. The monoisotopic (exact) mass is 481 g/mol. The molecule has 0 bridgehead atoms. The molecule has 6 rings (SSSR count). The van der Waals surface area contributed by atoms with Gasteiger partial charge in [-0.2, -0.15) is 0 Å². The van der Waals surface area contributed by atoms with Gasteiger partial charge in [-0.25, -0.2) is 4.39 Å². The van der Waals surface area contributed by atoms with Gasteiger partial charge in [-0.05, 0) is 87.7 Å². The highest BCUT2D eigenvalue weighted by atomic mass is 19.1. The van der Waals surface area contributed by atoms with Crippen molar-refractivity contribution in [3.8, 4) is 0 Å². The predicted octanol–water partition coefficient (Wildman–Crippen LogP) is 6.23. The molecule has 36 heavy (non-hydrogen) atoms. The lowest BCUT2D eigenvalue weighted by Crippen LogP contribution is -2.58. The van der Waals surface area contributed by atoms with Crippen molar-refractivity contribution in [1.29, 1.82) is 0 Å². The lowest BCUT2D eigenvalue weighted by molar-refractivity contribution is -0.0142. The van der Waals surface area contributed by atoms with E-state index in [1.54, 1.807) is 6.07 Å². The van der Waals surface area contributed by atoms with E-state index in [1.165, 1.54) is 22.7 Å². The lowest BCUT2D eigenvalue weighted by atomic mass is 9.65. The highest BCUT2D eigenvalue weighted by Crippen LogP contribution is 2.53. The van der Waals surface area contributed by atoms with Gasteiger partial charge >= 0.3 is 0 Å². The maximum atomic E-state index is 14.3. The third-order valence-corrected chi connectivity index (χ3v) is 8.77. The van der Waals surface area contributed by atoms with E-state index in [9.17, 15) is 9.18 Å². The zero-order valence-corrected chi connectivity index (χ0v) is 20.9. The van der Waals surface area contributed by atoms with Gasteiger partial charge in [-0.3, -0.25) is 9.69 Å². The molecule has 1 aliphatic heterocycles. The average Bonchev–Trinajstić information content (AvgIpc) is 3.29. The van der Waals surface area contributed by atoms with Gasteiger partial charge in [-0.1, -0.05) is 48.5 Å². The third-order valence-electron chi connectivity index (χ3n) is 8.77. The van der Waals surface area contributed by atoms with Crippen LogP contribution in [0.4, 0.5) is 4.39 Å². The maximum absolute atomic E-state index is 14.3. The number of nitrogens with one attached hydrogen (secondary N) is 1. The lowest BCUT2D eigenvalue weighted by Gasteiger charge is -2.55. The van der Waals surface area contributed by atoms with Crippen molar-refractivity contribution >= 4 is 16.8 Å². The molecule has 0 radical (unpaired) electrons. The van der Waals surface area contributed by atoms with Gasteiger partial charge in [0.15, 0.2) is 0 Å². The van der Waals surface area contributed by atoms with Crippen LogP contribution < -0.4 is 0 Å². The Morgan fingerprint density at radius 3 is 2.36 bits per heavy atom. The summed E-state index contributed by atoms with van der Waals surface area (Å²) >= 11 is 0. The van der Waals surface area contributed by atoms with E-state index in [0.29, 0.717) is 6.54 Å². The van der Waals surface area contributed by atoms with Gasteiger partial charge in [0.05, 0.1) is 5.54 Å². The molecular formula is C31H32FN3O. The van der Waals surface area contributed by atoms with Gasteiger partial charge in [0.25, 0.3) is 5.91 Å². The number of hydrogen-bond acceptors (Lipinski definition) is 2. The number of halogens is 1. The molecule has 1 fully saturated rings. The number of carbonyl (C=O) groups is 1. The molecule has 0 atom stereocenters. The molecule has 1 amide bonds. The summed E-state index contributed by atoms with van der Waals surface area (Å²) in [6.07, 6.45) is 4.11. The molecule has 2 aliphatic rings. The molecular weight excluding hydrogens is 449 g/mol. The summed E-state index contributed by atoms with van der Waals surface area (Å²) in [7, 11) is 4.18. The van der Waals surface area contributed by atoms with Crippen molar-refractivity contribution in [2.45, 2.75) is 43.2 Å². The molecule has 1 aromatic heterocycles. The zero-order valence-electron chi connectivity index (χ0n) is 20.9. The van der Waals surface area contributed by atoms with E-state index in [1.807, 2.05) is 42.5 Å². The molecule has 0 unspecified atom stereocenters. The summed E-state index contributed by atoms with van der Waals surface area (Å²) in [5.41, 5.74) is 4.69. The van der Waals surface area contributed by atoms with Crippen LogP contribution in [0.2, 0.25) is 0 Å². The normalized spacial score (nSPS) is 23.8. The number of fused-ring (bicyclic) bond motifs is 4. The second-order valence-corrected chi connectivity index (χ2v) is 10.6. The van der Waals surface area contributed by atoms with E-state index in [4.69, 9.17) is 0 Å². The molecule has 4 nitrogen and oxygen atoms in total. The average molecular weight is 482 g/mol. The number of carbonyl (C=O) groups excluding carboxylic acids is 1. The van der Waals surface area contributed by atoms with E-state index < -0.39 is 5.54 Å². The van der Waals surface area contributed by atoms with Crippen LogP contribution in [0.1, 0.15) is 52.9 Å². The minimum absolute atomic E-state index is 0.0861. The van der Waals surface area contributed by atoms with Crippen molar-refractivity contribution in [2.75, 3.05) is 20.6 Å². The quantitative estimate of drug-likeness (QED) is 0.377. The van der Waals surface area contributed by atoms with E-state index >= 15 is 0 Å². The molecule has 2 heterocycles. The Hall–Kier alpha value is -3.44. The molecule has 0 saturated heterocycles. The van der Waals surface area contributed by atoms with E-state index in [-0.39, 0.29) is 17.3 Å². The van der Waals surface area contributed by atoms with Crippen LogP contribution in [0, 0.1) is 5.82 Å². The number of rotatable bonds is 3. The van der Waals surface area contributed by atoms with Crippen LogP contribution in [0.3, 0.4) is 0 Å². The topological polar surface area (TPSA) is 39.3 Å². The minimum atomic E-state index is -0.424. The van der Waals surface area contributed by atoms with E-state index in [2.05, 4.69) is 53.1 Å². The third kappa shape index (κ3) is 3.40. The Bertz CT molecular complexity index is 1420. The Balaban J connectivity index is 1.47. The Morgan fingerprint density at radius 1 is 0.917 bits per heavy atom. The SMILES string of the molecule is CN(C)C1(c2cccc(F)c2)CCC2(CC1)c1[nH]c3ccccc3c1CCN2C(=O)c1ccccc1. The number of amides is 1. The smallest absolute Gasteiger partial charge is 0.254 e. The largest absolute Gasteiger partial charge is 0.356 e. The van der Waals surface area contributed by atoms with Crippen LogP contribution in [0.25, 0.3) is 10.9 Å². The molecule has 1 N–H and O–H groups in total. The Labute approximate surface area is 211 Å². The first kappa shape index (κ1) is 23.0. The number of para-hydroxylation sites is 1. The fourth-order valence-corrected chi connectivity index (χ4v) is 6.83. The summed E-state index contributed by atoms with van der Waals surface area (Å²) in [5, 5.41) is 1.26. The first-order valence-electron chi connectivity index (χ1n) is 12.9. The molecule has 1 saturated carbocycles. The standard InChI is InChI=1S/C31H32FN3O/c1-34(2)30(23-11-8-12-24(32)21-23)16-18-31(19-17-30)28-26(25-13-6-7-14-27(25)33-28)15-20-35(31)29(36)22-9-4-3-5-10-22/h3-14,21,33H,15-20H2,1-2H3. The van der Waals surface area contributed by atoms with Crippen LogP contribution in [0.5, 0.6) is 0 Å². The molecule has 3 aromatic carbocycles. The number of aromatic nitrogens is 1. The molecule has 1 aliphatic carbocycles. The number of aromatic amines is 1. The summed E-state index contributed by atoms with van der Waals surface area (Å²) < 4.78 is 14.3. The molecule has 5 heteroatoms. The highest BCUT2D eigenvalue weighted by molar-refractivity contribution is 5.95. The van der Waals surface area contributed by atoms with E-state index in [0.717, 1.165) is 48.7 Å². The first-order chi connectivity index (χ1) is 17.4. The second-order valence-electron chi connectivity index (χ2n) is 10.6. The fourth-order valence-electron chi connectivity index (χ4n) is 6.83. The van der Waals surface area contributed by atoms with Gasteiger partial charge in [-0.15, -0.1) is 0 Å². The first-order valence-corrected chi connectivity index (χ1v) is 12.9. The summed E-state index contributed by atoms with van der Waals surface area (Å²) in [6, 6.07) is 25.1. The van der Waals surface area contributed by atoms with Gasteiger partial charge in [0, 0.05) is 34.2 Å². The maximum Gasteiger partial charge on any atom is 0.254 e. The second kappa shape index (κ2) is 8.59. The number of benzene rings is 3. The number of H-pyrrole nitrogens is 1. The van der Waals surface area contributed by atoms with Gasteiger partial charge < -0.3 is 9.88 Å². The summed E-state index contributed by atoms with van der Waals surface area (Å²) in [6.45, 7) is 0.692. The number of nitrogens with zero attached hydrogens (tertiary/aromatic N) is 2. The van der Waals surface area contributed by atoms with Crippen molar-refractivity contribution in [3.63, 3.8) is 0 Å². The van der Waals surface area contributed by atoms with Crippen LogP contribution in [0.15, 0.2) is 78.9 Å². The van der Waals surface area contributed by atoms with Crippen LogP contribution >= 0.6 is 0 Å². The van der Waals surface area contributed by atoms with Gasteiger partial charge in [0.2, 0.25) is 0 Å². The molecule has 184 valence electrons. The van der Waals surface area contributed by atoms with Crippen molar-refractivity contribution < 1.29 is 9.18 Å². The van der Waals surface area contributed by atoms with Crippen LogP contribution in [-0.4, -0.2) is 41.3 Å². The van der Waals surface area contributed by atoms with Crippen LogP contribution in [-0.2, 0) is 17.5 Å². The Kier molecular flexibility index (Phi) is 5.49. The van der Waals surface area contributed by atoms with Crippen molar-refractivity contribution in [3.05, 3.63) is 107 Å². The minimum Gasteiger partial charge on any atom is -0.356 e. The summed E-state index contributed by atoms with van der Waals surface area (Å²) in [5.74, 6) is -0.117. The molecule has 4 aromatic rings. The van der Waals surface area contributed by atoms with Crippen molar-refractivity contribution in [1.82, 2.24) is 14.8 Å². The van der Waals surface area contributed by atoms with Crippen molar-refractivity contribution in [2.24, 2.45) is 0 Å². The molecule has 1 spiro atoms. The van der Waals surface area contributed by atoms with Gasteiger partial charge in [0.1, 0.15) is 5.82 Å². The number of hydrogen-bond donors (Lipinski definition) is 1. The Morgan fingerprint density at radius 2 is 1.64 bits per heavy atom. The highest BCUT2D eigenvalue weighted by Gasteiger charge is 2.53. The summed E-state index contributed by atoms with van der Waals surface area (Å²) in [4.78, 5) is 22.1. The fraction of sp³-hybridized carbons (Fsp3) is 0.323. The predicted molar refractivity (Wildman–Crippen MR) is 141 cm³/mol.